The van der Waals surface area contributed by atoms with Gasteiger partial charge in [-0.2, -0.15) is 5.26 Å². The van der Waals surface area contributed by atoms with Crippen molar-refractivity contribution in [3.8, 4) is 6.07 Å². The van der Waals surface area contributed by atoms with Gasteiger partial charge >= 0.3 is 0 Å². The first-order chi connectivity index (χ1) is 7.52. The lowest BCUT2D eigenvalue weighted by molar-refractivity contribution is 0.423. The molecule has 0 saturated carbocycles. The van der Waals surface area contributed by atoms with E-state index >= 15 is 0 Å². The molecular formula is C12H24N2OS. The number of nitrogens with zero attached hydrogens (tertiary/aromatic N) is 1. The summed E-state index contributed by atoms with van der Waals surface area (Å²) in [6.07, 6.45) is 3.11. The Morgan fingerprint density at radius 1 is 1.31 bits per heavy atom. The molecule has 3 nitrogen and oxygen atoms in total. The summed E-state index contributed by atoms with van der Waals surface area (Å²) in [6.45, 7) is 7.69. The van der Waals surface area contributed by atoms with Crippen molar-refractivity contribution < 1.29 is 4.21 Å². The van der Waals surface area contributed by atoms with E-state index in [4.69, 9.17) is 5.26 Å². The summed E-state index contributed by atoms with van der Waals surface area (Å²) in [7, 11) is -0.655. The first-order valence-electron chi connectivity index (χ1n) is 5.99. The first kappa shape index (κ1) is 15.6. The standard InChI is InChI=1S/C12H24N2OS/c1-4-16(15)10-9-14-8-6-5-7-12(2,3)11-13/h14H,4-10H2,1-3H3. The molecule has 16 heavy (non-hydrogen) atoms. The smallest absolute Gasteiger partial charge is 0.0683 e. The van der Waals surface area contributed by atoms with Crippen LogP contribution in [0.3, 0.4) is 0 Å². The molecule has 0 rings (SSSR count). The van der Waals surface area contributed by atoms with Crippen LogP contribution in [0.5, 0.6) is 0 Å². The summed E-state index contributed by atoms with van der Waals surface area (Å²) in [6, 6.07) is 2.31. The van der Waals surface area contributed by atoms with Crippen molar-refractivity contribution in [2.75, 3.05) is 24.6 Å². The van der Waals surface area contributed by atoms with Crippen LogP contribution in [0.4, 0.5) is 0 Å². The molecular weight excluding hydrogens is 220 g/mol. The molecule has 0 aliphatic heterocycles. The average Bonchev–Trinajstić information content (AvgIpc) is 2.27. The normalized spacial score (nSPS) is 13.4. The minimum Gasteiger partial charge on any atom is -0.316 e. The molecule has 1 unspecified atom stereocenters. The zero-order valence-electron chi connectivity index (χ0n) is 10.7. The highest BCUT2D eigenvalue weighted by Crippen LogP contribution is 2.21. The van der Waals surface area contributed by atoms with Crippen LogP contribution in [0.15, 0.2) is 0 Å². The second-order valence-electron chi connectivity index (χ2n) is 4.64. The maximum absolute atomic E-state index is 11.1. The molecule has 1 N–H and O–H groups in total. The molecule has 0 radical (unpaired) electrons. The van der Waals surface area contributed by atoms with E-state index in [0.717, 1.165) is 43.9 Å². The lowest BCUT2D eigenvalue weighted by atomic mass is 9.89. The van der Waals surface area contributed by atoms with Crippen LogP contribution in [0.25, 0.3) is 0 Å². The third-order valence-corrected chi connectivity index (χ3v) is 3.84. The van der Waals surface area contributed by atoms with Gasteiger partial charge in [0, 0.05) is 28.9 Å². The van der Waals surface area contributed by atoms with Crippen LogP contribution in [0, 0.1) is 16.7 Å². The molecule has 94 valence electrons. The zero-order valence-corrected chi connectivity index (χ0v) is 11.5. The van der Waals surface area contributed by atoms with Crippen molar-refractivity contribution >= 4 is 10.8 Å². The van der Waals surface area contributed by atoms with Gasteiger partial charge in [0.15, 0.2) is 0 Å². The predicted molar refractivity (Wildman–Crippen MR) is 69.7 cm³/mol. The van der Waals surface area contributed by atoms with E-state index in [2.05, 4.69) is 11.4 Å². The summed E-state index contributed by atoms with van der Waals surface area (Å²) in [4.78, 5) is 0. The summed E-state index contributed by atoms with van der Waals surface area (Å²) < 4.78 is 11.1. The van der Waals surface area contributed by atoms with Crippen LogP contribution in [0.1, 0.15) is 40.0 Å². The topological polar surface area (TPSA) is 52.9 Å². The minimum atomic E-state index is -0.655. The number of unbranched alkanes of at least 4 members (excludes halogenated alkanes) is 1. The number of nitrogens with one attached hydrogen (secondary N) is 1. The van der Waals surface area contributed by atoms with E-state index in [-0.39, 0.29) is 5.41 Å². The van der Waals surface area contributed by atoms with Gasteiger partial charge in [0.05, 0.1) is 11.5 Å². The van der Waals surface area contributed by atoms with Gasteiger partial charge < -0.3 is 5.32 Å². The SMILES string of the molecule is CCS(=O)CCNCCCCC(C)(C)C#N. The Kier molecular flexibility index (Phi) is 8.50. The fourth-order valence-electron chi connectivity index (χ4n) is 1.33. The summed E-state index contributed by atoms with van der Waals surface area (Å²) in [5, 5.41) is 12.1. The molecule has 0 aliphatic rings. The van der Waals surface area contributed by atoms with Gasteiger partial charge in [0.25, 0.3) is 0 Å². The van der Waals surface area contributed by atoms with Crippen LogP contribution in [-0.2, 0) is 10.8 Å². The summed E-state index contributed by atoms with van der Waals surface area (Å²) >= 11 is 0. The first-order valence-corrected chi connectivity index (χ1v) is 7.47. The fraction of sp³-hybridized carbons (Fsp3) is 0.917. The van der Waals surface area contributed by atoms with Gasteiger partial charge in [-0.3, -0.25) is 4.21 Å². The van der Waals surface area contributed by atoms with E-state index < -0.39 is 10.8 Å². The largest absolute Gasteiger partial charge is 0.316 e. The molecule has 0 aliphatic carbocycles. The van der Waals surface area contributed by atoms with E-state index in [1.165, 1.54) is 0 Å². The summed E-state index contributed by atoms with van der Waals surface area (Å²) in [5.74, 6) is 1.50. The van der Waals surface area contributed by atoms with Gasteiger partial charge in [-0.15, -0.1) is 0 Å². The van der Waals surface area contributed by atoms with Crippen LogP contribution in [-0.4, -0.2) is 28.8 Å². The van der Waals surface area contributed by atoms with Crippen LogP contribution in [0.2, 0.25) is 0 Å². The Morgan fingerprint density at radius 3 is 2.56 bits per heavy atom. The molecule has 0 bridgehead atoms. The van der Waals surface area contributed by atoms with Crippen molar-refractivity contribution in [3.05, 3.63) is 0 Å². The van der Waals surface area contributed by atoms with Gasteiger partial charge in [-0.05, 0) is 33.2 Å². The van der Waals surface area contributed by atoms with E-state index in [1.807, 2.05) is 20.8 Å². The second-order valence-corrected chi connectivity index (χ2v) is 6.50. The second kappa shape index (κ2) is 8.72. The van der Waals surface area contributed by atoms with Crippen molar-refractivity contribution in [2.45, 2.75) is 40.0 Å². The maximum atomic E-state index is 11.1. The Labute approximate surface area is 102 Å². The van der Waals surface area contributed by atoms with Crippen molar-refractivity contribution in [3.63, 3.8) is 0 Å². The Morgan fingerprint density at radius 2 is 2.00 bits per heavy atom. The monoisotopic (exact) mass is 244 g/mol. The van der Waals surface area contributed by atoms with Gasteiger partial charge in [0.2, 0.25) is 0 Å². The predicted octanol–water partition coefficient (Wildman–Crippen LogP) is 2.06. The molecule has 0 aromatic heterocycles. The molecule has 0 amide bonds. The van der Waals surface area contributed by atoms with E-state index in [0.29, 0.717) is 0 Å². The van der Waals surface area contributed by atoms with Gasteiger partial charge in [0.1, 0.15) is 0 Å². The minimum absolute atomic E-state index is 0.191. The molecule has 0 fully saturated rings. The lowest BCUT2D eigenvalue weighted by Gasteiger charge is -2.14. The lowest BCUT2D eigenvalue weighted by Crippen LogP contribution is -2.22. The average molecular weight is 244 g/mol. The molecule has 0 aromatic carbocycles. The highest BCUT2D eigenvalue weighted by molar-refractivity contribution is 7.84. The van der Waals surface area contributed by atoms with Gasteiger partial charge in [-0.25, -0.2) is 0 Å². The molecule has 0 saturated heterocycles. The van der Waals surface area contributed by atoms with Gasteiger partial charge in [-0.1, -0.05) is 13.3 Å². The van der Waals surface area contributed by atoms with Crippen molar-refractivity contribution in [2.24, 2.45) is 5.41 Å². The maximum Gasteiger partial charge on any atom is 0.0683 e. The third kappa shape index (κ3) is 8.87. The third-order valence-electron chi connectivity index (χ3n) is 2.54. The van der Waals surface area contributed by atoms with Crippen molar-refractivity contribution in [1.29, 1.82) is 5.26 Å². The Hall–Kier alpha value is -0.400. The molecule has 0 heterocycles. The number of hydrogen-bond donors (Lipinski definition) is 1. The quantitative estimate of drug-likeness (QED) is 0.632. The van der Waals surface area contributed by atoms with E-state index in [1.54, 1.807) is 0 Å². The highest BCUT2D eigenvalue weighted by atomic mass is 32.2. The number of nitriles is 1. The zero-order chi connectivity index (χ0) is 12.4. The Bertz CT molecular complexity index is 246. The molecule has 1 atom stereocenters. The number of hydrogen-bond acceptors (Lipinski definition) is 3. The van der Waals surface area contributed by atoms with Crippen LogP contribution >= 0.6 is 0 Å². The van der Waals surface area contributed by atoms with Crippen molar-refractivity contribution in [1.82, 2.24) is 5.32 Å². The highest BCUT2D eigenvalue weighted by Gasteiger charge is 2.14. The Balaban J connectivity index is 3.29. The summed E-state index contributed by atoms with van der Waals surface area (Å²) in [5.41, 5.74) is -0.191. The molecule has 0 aromatic rings. The molecule has 0 spiro atoms. The molecule has 4 heteroatoms. The van der Waals surface area contributed by atoms with E-state index in [9.17, 15) is 4.21 Å². The number of rotatable bonds is 9. The van der Waals surface area contributed by atoms with Crippen LogP contribution < -0.4 is 5.32 Å². The fourth-order valence-corrected chi connectivity index (χ4v) is 1.99.